The highest BCUT2D eigenvalue weighted by Gasteiger charge is 2.29. The number of benzene rings is 2. The molecule has 0 aromatic heterocycles. The molecule has 0 radical (unpaired) electrons. The monoisotopic (exact) mass is 359 g/mol. The minimum absolute atomic E-state index is 0.0204. The van der Waals surface area contributed by atoms with E-state index in [0.717, 1.165) is 5.56 Å². The van der Waals surface area contributed by atoms with E-state index in [0.29, 0.717) is 0 Å². The largest absolute Gasteiger partial charge is 0.372 e. The molecule has 2 rings (SSSR count). The lowest BCUT2D eigenvalue weighted by Crippen LogP contribution is -2.15. The smallest absolute Gasteiger partial charge is 0.298 e. The lowest BCUT2D eigenvalue weighted by Gasteiger charge is -2.16. The van der Waals surface area contributed by atoms with E-state index >= 15 is 0 Å². The van der Waals surface area contributed by atoms with Crippen LogP contribution in [0.25, 0.3) is 0 Å². The van der Waals surface area contributed by atoms with E-state index in [-0.39, 0.29) is 27.4 Å². The first kappa shape index (κ1) is 18.4. The predicted molar refractivity (Wildman–Crippen MR) is 94.2 cm³/mol. The lowest BCUT2D eigenvalue weighted by atomic mass is 10.1. The van der Waals surface area contributed by atoms with Gasteiger partial charge in [-0.05, 0) is 31.2 Å². The zero-order chi connectivity index (χ0) is 18.8. The fraction of sp³-hybridized carbons (Fsp3) is 0.235. The predicted octanol–water partition coefficient (Wildman–Crippen LogP) is 2.81. The molecule has 0 aliphatic carbocycles. The Hall–Kier alpha value is -2.92. The quantitative estimate of drug-likeness (QED) is 0.600. The van der Waals surface area contributed by atoms with Gasteiger partial charge in [0, 0.05) is 14.1 Å². The average molecular weight is 359 g/mol. The fourth-order valence-corrected chi connectivity index (χ4v) is 3.85. The van der Waals surface area contributed by atoms with Crippen LogP contribution >= 0.6 is 0 Å². The summed E-state index contributed by atoms with van der Waals surface area (Å²) in [5.74, 6) is -0.614. The van der Waals surface area contributed by atoms with Gasteiger partial charge in [0.1, 0.15) is 5.69 Å². The molecule has 0 aliphatic heterocycles. The lowest BCUT2D eigenvalue weighted by molar-refractivity contribution is -0.384. The second-order valence-corrected chi connectivity index (χ2v) is 7.78. The van der Waals surface area contributed by atoms with E-state index in [1.54, 1.807) is 26.2 Å². The first-order chi connectivity index (χ1) is 11.7. The van der Waals surface area contributed by atoms with Crippen molar-refractivity contribution in [3.63, 3.8) is 0 Å². The van der Waals surface area contributed by atoms with Crippen molar-refractivity contribution in [3.8, 4) is 6.07 Å². The van der Waals surface area contributed by atoms with Crippen LogP contribution < -0.4 is 4.90 Å². The van der Waals surface area contributed by atoms with Crippen molar-refractivity contribution in [2.24, 2.45) is 0 Å². The first-order valence-electron chi connectivity index (χ1n) is 7.34. The van der Waals surface area contributed by atoms with E-state index in [9.17, 15) is 23.8 Å². The van der Waals surface area contributed by atoms with Crippen LogP contribution in [-0.2, 0) is 15.6 Å². The van der Waals surface area contributed by atoms with Crippen LogP contribution in [0.15, 0.2) is 41.3 Å². The van der Waals surface area contributed by atoms with E-state index in [1.165, 1.54) is 29.2 Å². The number of rotatable bonds is 5. The molecule has 0 bridgehead atoms. The van der Waals surface area contributed by atoms with E-state index in [1.807, 2.05) is 13.0 Å². The Labute approximate surface area is 146 Å². The normalized spacial score (nSPS) is 11.0. The Bertz CT molecular complexity index is 959. The van der Waals surface area contributed by atoms with Crippen LogP contribution in [0.1, 0.15) is 16.7 Å². The minimum Gasteiger partial charge on any atom is -0.372 e. The van der Waals surface area contributed by atoms with Crippen molar-refractivity contribution in [2.45, 2.75) is 17.6 Å². The summed E-state index contributed by atoms with van der Waals surface area (Å²) < 4.78 is 25.4. The molecule has 8 heteroatoms. The third-order valence-electron chi connectivity index (χ3n) is 3.76. The van der Waals surface area contributed by atoms with Crippen molar-refractivity contribution >= 4 is 21.2 Å². The average Bonchev–Trinajstić information content (AvgIpc) is 2.54. The zero-order valence-electron chi connectivity index (χ0n) is 14.1. The van der Waals surface area contributed by atoms with Crippen LogP contribution in [0.2, 0.25) is 0 Å². The molecule has 0 N–H and O–H groups in total. The Kier molecular flexibility index (Phi) is 5.09. The van der Waals surface area contributed by atoms with E-state index in [2.05, 4.69) is 0 Å². The van der Waals surface area contributed by atoms with Crippen LogP contribution in [0.3, 0.4) is 0 Å². The molecule has 7 nitrogen and oxygen atoms in total. The van der Waals surface area contributed by atoms with Crippen molar-refractivity contribution < 1.29 is 13.3 Å². The maximum absolute atomic E-state index is 12.7. The molecular formula is C17H17N3O4S. The van der Waals surface area contributed by atoms with Crippen molar-refractivity contribution in [1.82, 2.24) is 0 Å². The number of nitro groups is 1. The molecule has 0 saturated carbocycles. The Morgan fingerprint density at radius 3 is 2.24 bits per heavy atom. The number of hydrogen-bond acceptors (Lipinski definition) is 6. The van der Waals surface area contributed by atoms with Gasteiger partial charge in [-0.25, -0.2) is 8.42 Å². The van der Waals surface area contributed by atoms with Crippen LogP contribution in [0.4, 0.5) is 11.4 Å². The molecular weight excluding hydrogens is 342 g/mol. The summed E-state index contributed by atoms with van der Waals surface area (Å²) >= 11 is 0. The number of nitro benzene ring substituents is 1. The molecule has 0 unspecified atom stereocenters. The number of nitrogens with zero attached hydrogens (tertiary/aromatic N) is 3. The summed E-state index contributed by atoms with van der Waals surface area (Å²) in [6, 6.07) is 10.9. The topological polar surface area (TPSA) is 104 Å². The highest BCUT2D eigenvalue weighted by molar-refractivity contribution is 7.90. The van der Waals surface area contributed by atoms with E-state index < -0.39 is 20.5 Å². The summed E-state index contributed by atoms with van der Waals surface area (Å²) in [6.07, 6.45) is 0. The summed E-state index contributed by atoms with van der Waals surface area (Å²) in [4.78, 5) is 12.5. The summed E-state index contributed by atoms with van der Waals surface area (Å²) in [7, 11) is -0.600. The molecule has 25 heavy (non-hydrogen) atoms. The van der Waals surface area contributed by atoms with Crippen molar-refractivity contribution in [1.29, 1.82) is 5.26 Å². The second kappa shape index (κ2) is 6.91. The second-order valence-electron chi connectivity index (χ2n) is 5.79. The van der Waals surface area contributed by atoms with Gasteiger partial charge >= 0.3 is 0 Å². The molecule has 2 aromatic rings. The number of aryl methyl sites for hydroxylation is 1. The van der Waals surface area contributed by atoms with Gasteiger partial charge in [-0.15, -0.1) is 0 Å². The maximum atomic E-state index is 12.7. The molecule has 0 atom stereocenters. The highest BCUT2D eigenvalue weighted by Crippen LogP contribution is 2.35. The van der Waals surface area contributed by atoms with Crippen molar-refractivity contribution in [2.75, 3.05) is 19.0 Å². The number of hydrogen-bond donors (Lipinski definition) is 0. The van der Waals surface area contributed by atoms with Gasteiger partial charge in [-0.1, -0.05) is 17.7 Å². The minimum atomic E-state index is -3.84. The zero-order valence-corrected chi connectivity index (χ0v) is 14.9. The molecule has 0 aliphatic rings. The molecule has 2 aromatic carbocycles. The molecule has 130 valence electrons. The summed E-state index contributed by atoms with van der Waals surface area (Å²) in [6.45, 7) is 1.83. The Morgan fingerprint density at radius 1 is 1.16 bits per heavy atom. The SMILES string of the molecule is Cc1ccc(S(=O)(=O)Cc2c(C#N)ccc(N(C)C)c2[N+](=O)[O-])cc1. The molecule has 0 fully saturated rings. The summed E-state index contributed by atoms with van der Waals surface area (Å²) in [5, 5.41) is 20.8. The van der Waals surface area contributed by atoms with Crippen LogP contribution in [0.5, 0.6) is 0 Å². The van der Waals surface area contributed by atoms with E-state index in [4.69, 9.17) is 0 Å². The summed E-state index contributed by atoms with van der Waals surface area (Å²) in [5.41, 5.74) is 0.669. The standard InChI is InChI=1S/C17H17N3O4S/c1-12-4-7-14(8-5-12)25(23,24)11-15-13(10-18)6-9-16(19(2)3)17(15)20(21)22/h4-9H,11H2,1-3H3. The molecule has 0 saturated heterocycles. The van der Waals surface area contributed by atoms with Crippen molar-refractivity contribution in [3.05, 3.63) is 63.2 Å². The molecule has 0 amide bonds. The Balaban J connectivity index is 2.65. The first-order valence-corrected chi connectivity index (χ1v) is 8.99. The van der Waals surface area contributed by atoms with Gasteiger partial charge in [0.15, 0.2) is 9.84 Å². The van der Waals surface area contributed by atoms with Gasteiger partial charge in [0.25, 0.3) is 5.69 Å². The van der Waals surface area contributed by atoms with Crippen LogP contribution in [0, 0.1) is 28.4 Å². The van der Waals surface area contributed by atoms with Gasteiger partial charge in [-0.2, -0.15) is 5.26 Å². The molecule has 0 spiro atoms. The van der Waals surface area contributed by atoms with Gasteiger partial charge in [0.2, 0.25) is 0 Å². The Morgan fingerprint density at radius 2 is 1.76 bits per heavy atom. The number of anilines is 1. The van der Waals surface area contributed by atoms with Crippen LogP contribution in [-0.4, -0.2) is 27.4 Å². The highest BCUT2D eigenvalue weighted by atomic mass is 32.2. The number of nitriles is 1. The van der Waals surface area contributed by atoms with Gasteiger partial charge in [-0.3, -0.25) is 10.1 Å². The molecule has 0 heterocycles. The fourth-order valence-electron chi connectivity index (χ4n) is 2.46. The number of sulfone groups is 1. The third-order valence-corrected chi connectivity index (χ3v) is 5.42. The van der Waals surface area contributed by atoms with Gasteiger partial charge < -0.3 is 4.90 Å². The van der Waals surface area contributed by atoms with Gasteiger partial charge in [0.05, 0.1) is 32.8 Å². The maximum Gasteiger partial charge on any atom is 0.298 e. The third kappa shape index (κ3) is 3.78.